The molecule has 0 radical (unpaired) electrons. The van der Waals surface area contributed by atoms with Crippen LogP contribution in [-0.4, -0.2) is 101 Å². The lowest BCUT2D eigenvalue weighted by Crippen LogP contribution is -2.37. The van der Waals surface area contributed by atoms with E-state index in [1.807, 2.05) is 74.1 Å². The van der Waals surface area contributed by atoms with E-state index in [1.165, 1.54) is 61.9 Å². The van der Waals surface area contributed by atoms with Crippen molar-refractivity contribution >= 4 is 68.8 Å². The summed E-state index contributed by atoms with van der Waals surface area (Å²) in [4.78, 5) is 73.4. The van der Waals surface area contributed by atoms with Crippen molar-refractivity contribution in [2.75, 3.05) is 29.4 Å². The second-order valence-corrected chi connectivity index (χ2v) is 21.5. The van der Waals surface area contributed by atoms with Crippen molar-refractivity contribution in [1.29, 1.82) is 0 Å². The fourth-order valence-corrected chi connectivity index (χ4v) is 16.2. The largest absolute Gasteiger partial charge is 0.333 e. The summed E-state index contributed by atoms with van der Waals surface area (Å²) < 4.78 is 0. The van der Waals surface area contributed by atoms with Crippen LogP contribution in [0.15, 0.2) is 124 Å². The third-order valence-electron chi connectivity index (χ3n) is 18.6. The fraction of sp³-hybridized carbons (Fsp3) is 0.281. The molecule has 0 aromatic carbocycles. The van der Waals surface area contributed by atoms with E-state index < -0.39 is 0 Å². The summed E-state index contributed by atoms with van der Waals surface area (Å²) in [7, 11) is 0. The molecule has 21 heterocycles. The minimum absolute atomic E-state index is 0. The Morgan fingerprint density at radius 1 is 0.303 bits per heavy atom. The van der Waals surface area contributed by atoms with Crippen molar-refractivity contribution in [3.8, 4) is 0 Å². The molecule has 0 amide bonds. The fourth-order valence-electron chi connectivity index (χ4n) is 16.2. The predicted octanol–water partition coefficient (Wildman–Crippen LogP) is 7.54. The molecule has 0 N–H and O–H groups in total. The van der Waals surface area contributed by atoms with Crippen LogP contribution in [0.1, 0.15) is 75.8 Å². The van der Waals surface area contributed by atoms with Crippen LogP contribution in [0.2, 0.25) is 0 Å². The SMILES string of the molecule is C.c1cnc2c(c1)CC1C3c4c(cncc4N4c5ncccc5CC34)N21.c1cnc2c(n1)CC1C3c4c(cncc4N4c5nccnc5CC34)N21.c1ncc2c(n1)CC1C3c4c(cncc4N4c5cncnc5CC34)N21. The van der Waals surface area contributed by atoms with Crippen LogP contribution < -0.4 is 29.4 Å². The Hall–Kier alpha value is -9.13. The summed E-state index contributed by atoms with van der Waals surface area (Å²) >= 11 is 0. The Kier molecular flexibility index (Phi) is 7.91. The molecule has 6 unspecified atom stereocenters. The van der Waals surface area contributed by atoms with Gasteiger partial charge in [-0.25, -0.2) is 39.9 Å². The lowest BCUT2D eigenvalue weighted by molar-refractivity contribution is 0.500. The lowest BCUT2D eigenvalue weighted by atomic mass is 9.87. The van der Waals surface area contributed by atoms with Gasteiger partial charge in [0.05, 0.1) is 130 Å². The summed E-state index contributed by atoms with van der Waals surface area (Å²) in [6, 6.07) is 10.9. The van der Waals surface area contributed by atoms with E-state index in [9.17, 15) is 0 Å². The first kappa shape index (κ1) is 41.2. The molecule has 19 heteroatoms. The zero-order valence-electron chi connectivity index (χ0n) is 40.0. The smallest absolute Gasteiger partial charge is 0.155 e. The molecule has 0 bridgehead atoms. The van der Waals surface area contributed by atoms with Gasteiger partial charge >= 0.3 is 0 Å². The number of hydrogen-bond acceptors (Lipinski definition) is 19. The highest BCUT2D eigenvalue weighted by Crippen LogP contribution is 2.65. The Bertz CT molecular complexity index is 3360. The molecule has 21 rings (SSSR count). The van der Waals surface area contributed by atoms with Gasteiger partial charge in [-0.1, -0.05) is 19.6 Å². The molecule has 0 fully saturated rings. The van der Waals surface area contributed by atoms with Crippen LogP contribution in [0, 0.1) is 0 Å². The monoisotopic (exact) mass is 995 g/mol. The molecule has 6 atom stereocenters. The molecule has 9 aromatic rings. The van der Waals surface area contributed by atoms with Gasteiger partial charge in [0.15, 0.2) is 11.6 Å². The highest BCUT2D eigenvalue weighted by atomic mass is 15.4. The molecule has 368 valence electrons. The molecule has 12 aliphatic heterocycles. The van der Waals surface area contributed by atoms with Crippen molar-refractivity contribution in [2.45, 2.75) is 100.0 Å². The molecule has 0 aliphatic carbocycles. The van der Waals surface area contributed by atoms with Gasteiger partial charge in [-0.05, 0) is 36.1 Å². The van der Waals surface area contributed by atoms with Crippen LogP contribution in [0.5, 0.6) is 0 Å². The van der Waals surface area contributed by atoms with Gasteiger partial charge in [0.25, 0.3) is 0 Å². The summed E-state index contributed by atoms with van der Waals surface area (Å²) in [5.41, 5.74) is 21.0. The summed E-state index contributed by atoms with van der Waals surface area (Å²) in [6.45, 7) is 0. The second-order valence-electron chi connectivity index (χ2n) is 21.5. The van der Waals surface area contributed by atoms with Crippen LogP contribution in [0.4, 0.5) is 68.8 Å². The Morgan fingerprint density at radius 2 is 0.632 bits per heavy atom. The maximum atomic E-state index is 4.69. The van der Waals surface area contributed by atoms with Gasteiger partial charge in [-0.15, -0.1) is 0 Å². The zero-order valence-corrected chi connectivity index (χ0v) is 40.0. The molecule has 9 aromatic heterocycles. The van der Waals surface area contributed by atoms with E-state index in [0.717, 1.165) is 95.9 Å². The van der Waals surface area contributed by atoms with Gasteiger partial charge in [0.2, 0.25) is 0 Å². The number of nitrogens with zero attached hydrogens (tertiary/aromatic N) is 19. The van der Waals surface area contributed by atoms with Crippen LogP contribution in [-0.2, 0) is 38.5 Å². The van der Waals surface area contributed by atoms with Crippen molar-refractivity contribution in [3.63, 3.8) is 0 Å². The van der Waals surface area contributed by atoms with E-state index in [4.69, 9.17) is 0 Å². The maximum absolute atomic E-state index is 4.69. The van der Waals surface area contributed by atoms with E-state index in [0.29, 0.717) is 54.0 Å². The molecule has 0 spiro atoms. The van der Waals surface area contributed by atoms with E-state index in [2.05, 4.69) is 106 Å². The van der Waals surface area contributed by atoms with Crippen molar-refractivity contribution in [3.05, 3.63) is 174 Å². The first-order valence-electron chi connectivity index (χ1n) is 26.0. The molecule has 12 aliphatic rings. The average molecular weight is 996 g/mol. The third kappa shape index (κ3) is 4.96. The van der Waals surface area contributed by atoms with E-state index >= 15 is 0 Å². The molecular weight excluding hydrogens is 951 g/mol. The summed E-state index contributed by atoms with van der Waals surface area (Å²) in [5.74, 6) is 5.59. The lowest BCUT2D eigenvalue weighted by Gasteiger charge is -2.29. The van der Waals surface area contributed by atoms with Gasteiger partial charge in [0.1, 0.15) is 24.3 Å². The Labute approximate surface area is 435 Å². The van der Waals surface area contributed by atoms with Crippen molar-refractivity contribution < 1.29 is 0 Å². The number of rotatable bonds is 0. The quantitative estimate of drug-likeness (QED) is 0.145. The number of anilines is 12. The number of fused-ring (bicyclic) bond motifs is 30. The van der Waals surface area contributed by atoms with E-state index in [1.54, 1.807) is 37.4 Å². The topological polar surface area (TPSA) is 187 Å². The zero-order chi connectivity index (χ0) is 48.4. The molecule has 0 saturated carbocycles. The summed E-state index contributed by atoms with van der Waals surface area (Å²) in [5, 5.41) is 0. The van der Waals surface area contributed by atoms with Crippen LogP contribution in [0.3, 0.4) is 0 Å². The number of hydrogen-bond donors (Lipinski definition) is 0. The second kappa shape index (κ2) is 14.6. The molecule has 0 saturated heterocycles. The number of pyridine rings is 5. The van der Waals surface area contributed by atoms with Crippen molar-refractivity contribution in [1.82, 2.24) is 64.8 Å². The minimum Gasteiger partial charge on any atom is -0.333 e. The van der Waals surface area contributed by atoms with Crippen molar-refractivity contribution in [2.24, 2.45) is 0 Å². The Balaban J connectivity index is 0.0000000893. The van der Waals surface area contributed by atoms with Crippen LogP contribution in [0.25, 0.3) is 0 Å². The standard InChI is InChI=1S/C20H15N5.2C18H13N7.CH4/c1-3-11-7-13-17-14-8-12-4-2-6-23-20(12)25(14)16-10-21-9-15(18(16)17)24(13)19(11)22-5-1;1-9-13(3-20-7-22-9)24-11(1)17-12-2-10-14(4-21-8-23-10)25(12)16-6-19-5-15(24)18(16)17;1-3-22-17-9(20-1)5-11-15-12-6-10-18(23-4-2-21-10)25(12)14-8-19-7-13(16(14)15)24(11)17;/h1-6,9-10,13-14,17H,7-8H2;3-8,11-12,17H,1-2H2;1-4,7-8,11-12,15H,5-6H2;1H4. The summed E-state index contributed by atoms with van der Waals surface area (Å²) in [6.07, 6.45) is 36.1. The van der Waals surface area contributed by atoms with Gasteiger partial charge < -0.3 is 29.4 Å². The highest BCUT2D eigenvalue weighted by molar-refractivity contribution is 5.91. The average Bonchev–Trinajstić information content (AvgIpc) is 4.35. The molecular formula is C57H45N19. The Morgan fingerprint density at radius 3 is 1.07 bits per heavy atom. The number of aromatic nitrogens is 13. The molecule has 19 nitrogen and oxygen atoms in total. The van der Waals surface area contributed by atoms with Gasteiger partial charge in [0, 0.05) is 121 Å². The highest BCUT2D eigenvalue weighted by Gasteiger charge is 2.60. The maximum Gasteiger partial charge on any atom is 0.155 e. The first-order chi connectivity index (χ1) is 37.2. The predicted molar refractivity (Wildman–Crippen MR) is 282 cm³/mol. The van der Waals surface area contributed by atoms with Gasteiger partial charge in [-0.3, -0.25) is 24.9 Å². The first-order valence-corrected chi connectivity index (χ1v) is 26.0. The molecule has 76 heavy (non-hydrogen) atoms. The third-order valence-corrected chi connectivity index (χ3v) is 18.6. The van der Waals surface area contributed by atoms with Gasteiger partial charge in [-0.2, -0.15) is 0 Å². The normalized spacial score (nSPS) is 26.0. The minimum atomic E-state index is 0. The van der Waals surface area contributed by atoms with E-state index in [-0.39, 0.29) is 7.43 Å². The van der Waals surface area contributed by atoms with Crippen LogP contribution >= 0.6 is 0 Å².